The highest BCUT2D eigenvalue weighted by Gasteiger charge is 2.32. The minimum atomic E-state index is -0.375. The van der Waals surface area contributed by atoms with Gasteiger partial charge < -0.3 is 28.8 Å². The van der Waals surface area contributed by atoms with Gasteiger partial charge in [0.25, 0.3) is 5.56 Å². The summed E-state index contributed by atoms with van der Waals surface area (Å²) in [4.78, 5) is 26.4. The van der Waals surface area contributed by atoms with E-state index < -0.39 is 0 Å². The van der Waals surface area contributed by atoms with Gasteiger partial charge in [-0.05, 0) is 48.7 Å². The van der Waals surface area contributed by atoms with Gasteiger partial charge in [-0.2, -0.15) is 0 Å². The predicted molar refractivity (Wildman–Crippen MR) is 127 cm³/mol. The fourth-order valence-electron chi connectivity index (χ4n) is 4.29. The van der Waals surface area contributed by atoms with Gasteiger partial charge >= 0.3 is 6.09 Å². The van der Waals surface area contributed by atoms with E-state index in [9.17, 15) is 9.59 Å². The SMILES string of the molecule is COc1ccc2ccc(=O)n(CCCNC[C@@H]3CN(c4ccc5c(c4)OCCO5)C(=O)O3)c2c1. The summed E-state index contributed by atoms with van der Waals surface area (Å²) in [5, 5.41) is 4.33. The van der Waals surface area contributed by atoms with E-state index in [-0.39, 0.29) is 17.8 Å². The number of pyridine rings is 1. The number of amides is 1. The average Bonchev–Trinajstić information content (AvgIpc) is 3.24. The van der Waals surface area contributed by atoms with Gasteiger partial charge in [0.15, 0.2) is 11.5 Å². The first-order chi connectivity index (χ1) is 16.6. The summed E-state index contributed by atoms with van der Waals surface area (Å²) in [6, 6.07) is 14.6. The van der Waals surface area contributed by atoms with Crippen LogP contribution >= 0.6 is 0 Å². The van der Waals surface area contributed by atoms with Crippen molar-refractivity contribution in [2.24, 2.45) is 0 Å². The molecule has 5 rings (SSSR count). The number of ether oxygens (including phenoxy) is 4. The minimum absolute atomic E-state index is 0.0412. The zero-order valence-corrected chi connectivity index (χ0v) is 19.0. The summed E-state index contributed by atoms with van der Waals surface area (Å²) in [6.45, 7) is 3.26. The molecule has 0 bridgehead atoms. The number of hydrogen-bond donors (Lipinski definition) is 1. The molecule has 1 amide bonds. The van der Waals surface area contributed by atoms with Crippen LogP contribution in [0.4, 0.5) is 10.5 Å². The number of cyclic esters (lactones) is 1. The van der Waals surface area contributed by atoms with Crippen LogP contribution in [0.15, 0.2) is 53.3 Å². The maximum absolute atomic E-state index is 12.4. The normalized spacial score (nSPS) is 17.1. The van der Waals surface area contributed by atoms with Crippen LogP contribution in [-0.2, 0) is 11.3 Å². The summed E-state index contributed by atoms with van der Waals surface area (Å²) < 4.78 is 23.8. The van der Waals surface area contributed by atoms with Crippen LogP contribution in [0.1, 0.15) is 6.42 Å². The van der Waals surface area contributed by atoms with Crippen LogP contribution in [-0.4, -0.2) is 56.7 Å². The summed E-state index contributed by atoms with van der Waals surface area (Å²) in [6.07, 6.45) is 0.118. The van der Waals surface area contributed by atoms with Crippen LogP contribution in [0.2, 0.25) is 0 Å². The lowest BCUT2D eigenvalue weighted by Crippen LogP contribution is -2.32. The molecule has 3 heterocycles. The van der Waals surface area contributed by atoms with Gasteiger partial charge in [0.1, 0.15) is 25.1 Å². The first-order valence-corrected chi connectivity index (χ1v) is 11.4. The number of rotatable bonds is 8. The number of carbonyl (C=O) groups excluding carboxylic acids is 1. The highest BCUT2D eigenvalue weighted by Crippen LogP contribution is 2.35. The molecule has 1 aromatic heterocycles. The molecule has 0 radical (unpaired) electrons. The molecule has 1 N–H and O–H groups in total. The smallest absolute Gasteiger partial charge is 0.414 e. The fraction of sp³-hybridized carbons (Fsp3) is 0.360. The predicted octanol–water partition coefficient (Wildman–Crippen LogP) is 2.79. The Morgan fingerprint density at radius 3 is 2.71 bits per heavy atom. The molecule has 1 fully saturated rings. The number of nitrogens with one attached hydrogen (secondary N) is 1. The molecule has 2 aromatic carbocycles. The van der Waals surface area contributed by atoms with Gasteiger partial charge in [-0.15, -0.1) is 0 Å². The second-order valence-electron chi connectivity index (χ2n) is 8.25. The number of nitrogens with zero attached hydrogens (tertiary/aromatic N) is 2. The zero-order valence-electron chi connectivity index (χ0n) is 19.0. The summed E-state index contributed by atoms with van der Waals surface area (Å²) in [5.41, 5.74) is 1.54. The molecule has 9 nitrogen and oxygen atoms in total. The molecule has 1 atom stereocenters. The van der Waals surface area contributed by atoms with Gasteiger partial charge in [-0.3, -0.25) is 9.69 Å². The topological polar surface area (TPSA) is 91.3 Å². The summed E-state index contributed by atoms with van der Waals surface area (Å²) in [7, 11) is 1.61. The Bertz CT molecular complexity index is 1260. The van der Waals surface area contributed by atoms with E-state index in [0.29, 0.717) is 50.9 Å². The first-order valence-electron chi connectivity index (χ1n) is 11.4. The number of hydrogen-bond acceptors (Lipinski definition) is 7. The Labute approximate surface area is 196 Å². The standard InChI is InChI=1S/C25H27N3O6/c1-31-19-6-3-17-4-8-24(29)27(21(17)14-19)10-2-9-26-15-20-16-28(25(30)34-20)18-5-7-22-23(13-18)33-12-11-32-22/h3-8,13-14,20,26H,2,9-12,15-16H2,1H3/t20-/m1/s1. The van der Waals surface area contributed by atoms with Gasteiger partial charge in [0, 0.05) is 31.3 Å². The first kappa shape index (κ1) is 22.1. The molecule has 34 heavy (non-hydrogen) atoms. The van der Waals surface area contributed by atoms with Crippen LogP contribution < -0.4 is 30.0 Å². The molecule has 2 aliphatic rings. The van der Waals surface area contributed by atoms with E-state index in [2.05, 4.69) is 5.32 Å². The average molecular weight is 466 g/mol. The highest BCUT2D eigenvalue weighted by atomic mass is 16.6. The lowest BCUT2D eigenvalue weighted by atomic mass is 10.2. The van der Waals surface area contributed by atoms with E-state index >= 15 is 0 Å². The van der Waals surface area contributed by atoms with Crippen molar-refractivity contribution in [2.75, 3.05) is 44.9 Å². The van der Waals surface area contributed by atoms with E-state index in [4.69, 9.17) is 18.9 Å². The lowest BCUT2D eigenvalue weighted by molar-refractivity contribution is 0.140. The molecular formula is C25H27N3O6. The summed E-state index contributed by atoms with van der Waals surface area (Å²) >= 11 is 0. The second kappa shape index (κ2) is 9.64. The van der Waals surface area contributed by atoms with Gasteiger partial charge in [0.05, 0.1) is 24.9 Å². The molecule has 0 saturated carbocycles. The molecule has 0 unspecified atom stereocenters. The highest BCUT2D eigenvalue weighted by molar-refractivity contribution is 5.90. The van der Waals surface area contributed by atoms with E-state index in [1.165, 1.54) is 0 Å². The molecule has 1 saturated heterocycles. The second-order valence-corrected chi connectivity index (χ2v) is 8.25. The quantitative estimate of drug-likeness (QED) is 0.512. The van der Waals surface area contributed by atoms with Crippen molar-refractivity contribution in [1.29, 1.82) is 0 Å². The number of aromatic nitrogens is 1. The van der Waals surface area contributed by atoms with Crippen molar-refractivity contribution in [1.82, 2.24) is 9.88 Å². The fourth-order valence-corrected chi connectivity index (χ4v) is 4.29. The minimum Gasteiger partial charge on any atom is -0.497 e. The monoisotopic (exact) mass is 465 g/mol. The Morgan fingerprint density at radius 1 is 1.03 bits per heavy atom. The number of carbonyl (C=O) groups is 1. The van der Waals surface area contributed by atoms with Crippen LogP contribution in [0.5, 0.6) is 17.2 Å². The maximum atomic E-state index is 12.4. The van der Waals surface area contributed by atoms with Crippen molar-refractivity contribution in [3.05, 3.63) is 58.9 Å². The van der Waals surface area contributed by atoms with E-state index in [0.717, 1.165) is 28.8 Å². The third-order valence-electron chi connectivity index (χ3n) is 6.02. The number of anilines is 1. The molecule has 0 spiro atoms. The van der Waals surface area contributed by atoms with Gasteiger partial charge in [-0.25, -0.2) is 4.79 Å². The molecule has 2 aliphatic heterocycles. The maximum Gasteiger partial charge on any atom is 0.414 e. The molecule has 178 valence electrons. The third kappa shape index (κ3) is 4.51. The largest absolute Gasteiger partial charge is 0.497 e. The lowest BCUT2D eigenvalue weighted by Gasteiger charge is -2.21. The van der Waals surface area contributed by atoms with E-state index in [1.807, 2.05) is 42.5 Å². The Morgan fingerprint density at radius 2 is 1.85 bits per heavy atom. The zero-order chi connectivity index (χ0) is 23.5. The van der Waals surface area contributed by atoms with Crippen molar-refractivity contribution < 1.29 is 23.7 Å². The van der Waals surface area contributed by atoms with Gasteiger partial charge in [0.2, 0.25) is 0 Å². The van der Waals surface area contributed by atoms with Crippen LogP contribution in [0.25, 0.3) is 10.9 Å². The van der Waals surface area contributed by atoms with Crippen molar-refractivity contribution >= 4 is 22.7 Å². The third-order valence-corrected chi connectivity index (χ3v) is 6.02. The summed E-state index contributed by atoms with van der Waals surface area (Å²) in [5.74, 6) is 2.04. The van der Waals surface area contributed by atoms with Crippen molar-refractivity contribution in [3.8, 4) is 17.2 Å². The van der Waals surface area contributed by atoms with Crippen molar-refractivity contribution in [3.63, 3.8) is 0 Å². The molecule has 9 heteroatoms. The van der Waals surface area contributed by atoms with Crippen LogP contribution in [0, 0.1) is 0 Å². The molecule has 3 aromatic rings. The van der Waals surface area contributed by atoms with Gasteiger partial charge in [-0.1, -0.05) is 0 Å². The number of benzene rings is 2. The molecule has 0 aliphatic carbocycles. The van der Waals surface area contributed by atoms with Crippen LogP contribution in [0.3, 0.4) is 0 Å². The Balaban J connectivity index is 1.14. The van der Waals surface area contributed by atoms with E-state index in [1.54, 1.807) is 22.6 Å². The Hall–Kier alpha value is -3.72. The Kier molecular flexibility index (Phi) is 6.27. The number of fused-ring (bicyclic) bond motifs is 2. The van der Waals surface area contributed by atoms with Crippen molar-refractivity contribution in [2.45, 2.75) is 19.1 Å². The molecular weight excluding hydrogens is 438 g/mol. The number of methoxy groups -OCH3 is 1. The number of aryl methyl sites for hydroxylation is 1.